The number of anilines is 1. The lowest BCUT2D eigenvalue weighted by molar-refractivity contribution is 0.0939. The molecule has 166 valence electrons. The van der Waals surface area contributed by atoms with Crippen molar-refractivity contribution in [3.8, 4) is 11.5 Å². The average Bonchev–Trinajstić information content (AvgIpc) is 2.83. The number of rotatable bonds is 6. The summed E-state index contributed by atoms with van der Waals surface area (Å²) in [7, 11) is -2.19. The van der Waals surface area contributed by atoms with Gasteiger partial charge in [0.25, 0.3) is 15.9 Å². The van der Waals surface area contributed by atoms with E-state index in [9.17, 15) is 13.2 Å². The number of nitrogens with one attached hydrogen (secondary N) is 1. The zero-order chi connectivity index (χ0) is 22.7. The second kappa shape index (κ2) is 8.92. The van der Waals surface area contributed by atoms with Crippen LogP contribution in [0.4, 0.5) is 5.69 Å². The van der Waals surface area contributed by atoms with Crippen LogP contribution in [0.3, 0.4) is 0 Å². The van der Waals surface area contributed by atoms with Crippen molar-refractivity contribution in [2.45, 2.75) is 17.9 Å². The number of hydrogen-bond donors (Lipinski definition) is 1. The largest absolute Gasteiger partial charge is 0.486 e. The molecule has 1 N–H and O–H groups in total. The van der Waals surface area contributed by atoms with E-state index in [-0.39, 0.29) is 16.8 Å². The highest BCUT2D eigenvalue weighted by molar-refractivity contribution is 7.92. The van der Waals surface area contributed by atoms with Gasteiger partial charge in [0.05, 0.1) is 16.6 Å². The predicted octanol–water partition coefficient (Wildman–Crippen LogP) is 3.77. The summed E-state index contributed by atoms with van der Waals surface area (Å²) < 4.78 is 37.9. The van der Waals surface area contributed by atoms with E-state index in [4.69, 9.17) is 9.47 Å². The molecule has 1 atom stereocenters. The Morgan fingerprint density at radius 3 is 2.28 bits per heavy atom. The third-order valence-electron chi connectivity index (χ3n) is 5.31. The van der Waals surface area contributed by atoms with E-state index in [1.807, 2.05) is 25.1 Å². The highest BCUT2D eigenvalue weighted by Gasteiger charge is 2.21. The Kier molecular flexibility index (Phi) is 6.05. The normalized spacial score (nSPS) is 13.8. The monoisotopic (exact) mass is 452 g/mol. The molecular weight excluding hydrogens is 428 g/mol. The van der Waals surface area contributed by atoms with Crippen LogP contribution in [-0.2, 0) is 10.0 Å². The average molecular weight is 453 g/mol. The number of carbonyl (C=O) groups excluding carboxylic acids is 1. The van der Waals surface area contributed by atoms with Crippen molar-refractivity contribution in [2.75, 3.05) is 24.6 Å². The molecule has 0 fully saturated rings. The molecule has 1 aliphatic heterocycles. The van der Waals surface area contributed by atoms with Gasteiger partial charge >= 0.3 is 0 Å². The first-order chi connectivity index (χ1) is 15.4. The number of benzene rings is 3. The highest BCUT2D eigenvalue weighted by Crippen LogP contribution is 2.32. The molecule has 3 aromatic carbocycles. The Bertz CT molecular complexity index is 1210. The third kappa shape index (κ3) is 4.40. The molecule has 0 aromatic heterocycles. The van der Waals surface area contributed by atoms with Crippen LogP contribution in [0, 0.1) is 0 Å². The molecule has 1 heterocycles. The Morgan fingerprint density at radius 2 is 1.59 bits per heavy atom. The number of hydrogen-bond acceptors (Lipinski definition) is 5. The first-order valence-corrected chi connectivity index (χ1v) is 11.6. The minimum atomic E-state index is -3.68. The smallest absolute Gasteiger partial charge is 0.264 e. The van der Waals surface area contributed by atoms with Gasteiger partial charge in [-0.25, -0.2) is 8.42 Å². The minimum absolute atomic E-state index is 0.206. The fourth-order valence-corrected chi connectivity index (χ4v) is 4.62. The van der Waals surface area contributed by atoms with E-state index in [0.717, 1.165) is 5.56 Å². The molecule has 8 heteroatoms. The van der Waals surface area contributed by atoms with E-state index in [0.29, 0.717) is 36.0 Å². The molecule has 7 nitrogen and oxygen atoms in total. The predicted molar refractivity (Wildman–Crippen MR) is 122 cm³/mol. The lowest BCUT2D eigenvalue weighted by Gasteiger charge is -2.21. The van der Waals surface area contributed by atoms with Gasteiger partial charge in [-0.15, -0.1) is 0 Å². The maximum absolute atomic E-state index is 12.8. The molecule has 0 bridgehead atoms. The van der Waals surface area contributed by atoms with E-state index in [1.54, 1.807) is 54.6 Å². The van der Waals surface area contributed by atoms with Gasteiger partial charge < -0.3 is 14.8 Å². The number of fused-ring (bicyclic) bond motifs is 1. The van der Waals surface area contributed by atoms with Crippen LogP contribution in [0.5, 0.6) is 11.5 Å². The number of carbonyl (C=O) groups is 1. The maximum Gasteiger partial charge on any atom is 0.264 e. The second-order valence-electron chi connectivity index (χ2n) is 7.43. The molecule has 0 saturated carbocycles. The summed E-state index contributed by atoms with van der Waals surface area (Å²) in [6.07, 6.45) is 0. The van der Waals surface area contributed by atoms with E-state index < -0.39 is 10.0 Å². The molecule has 1 amide bonds. The van der Waals surface area contributed by atoms with E-state index >= 15 is 0 Å². The fourth-order valence-electron chi connectivity index (χ4n) is 3.40. The fraction of sp³-hybridized carbons (Fsp3) is 0.208. The molecule has 0 saturated heterocycles. The van der Waals surface area contributed by atoms with Crippen LogP contribution in [0.2, 0.25) is 0 Å². The Morgan fingerprint density at radius 1 is 0.938 bits per heavy atom. The first-order valence-electron chi connectivity index (χ1n) is 10.2. The van der Waals surface area contributed by atoms with E-state index in [1.165, 1.54) is 11.4 Å². The quantitative estimate of drug-likeness (QED) is 0.615. The van der Waals surface area contributed by atoms with Crippen LogP contribution >= 0.6 is 0 Å². The maximum atomic E-state index is 12.8. The summed E-state index contributed by atoms with van der Waals surface area (Å²) in [5.41, 5.74) is 1.79. The van der Waals surface area contributed by atoms with Gasteiger partial charge in [-0.2, -0.15) is 0 Å². The summed E-state index contributed by atoms with van der Waals surface area (Å²) >= 11 is 0. The summed E-state index contributed by atoms with van der Waals surface area (Å²) in [4.78, 5) is 12.9. The summed E-state index contributed by atoms with van der Waals surface area (Å²) in [5.74, 6) is 1.11. The van der Waals surface area contributed by atoms with Gasteiger partial charge in [0.15, 0.2) is 11.5 Å². The molecule has 0 aliphatic carbocycles. The lowest BCUT2D eigenvalue weighted by Crippen LogP contribution is -2.28. The zero-order valence-electron chi connectivity index (χ0n) is 17.8. The van der Waals surface area contributed by atoms with Crippen LogP contribution < -0.4 is 19.1 Å². The standard InChI is InChI=1S/C24H24N2O5S/c1-17(19-10-13-22-23(16-19)31-15-14-30-22)25-24(27)18-8-11-20(12-9-18)26(2)32(28,29)21-6-4-3-5-7-21/h3-13,16-17H,14-15H2,1-2H3,(H,25,27)/t17-/m0/s1. The highest BCUT2D eigenvalue weighted by atomic mass is 32.2. The van der Waals surface area contributed by atoms with Crippen molar-refractivity contribution < 1.29 is 22.7 Å². The van der Waals surface area contributed by atoms with Crippen LogP contribution in [0.1, 0.15) is 28.9 Å². The summed E-state index contributed by atoms with van der Waals surface area (Å²) in [6, 6.07) is 20.0. The Balaban J connectivity index is 1.45. The van der Waals surface area contributed by atoms with Gasteiger partial charge in [-0.1, -0.05) is 24.3 Å². The Hall–Kier alpha value is -3.52. The summed E-state index contributed by atoms with van der Waals surface area (Å²) in [6.45, 7) is 2.91. The van der Waals surface area contributed by atoms with Crippen molar-refractivity contribution >= 4 is 21.6 Å². The number of nitrogens with zero attached hydrogens (tertiary/aromatic N) is 1. The van der Waals surface area contributed by atoms with Crippen molar-refractivity contribution in [1.29, 1.82) is 0 Å². The molecule has 0 spiro atoms. The van der Waals surface area contributed by atoms with Gasteiger partial charge in [-0.3, -0.25) is 9.10 Å². The minimum Gasteiger partial charge on any atom is -0.486 e. The van der Waals surface area contributed by atoms with Gasteiger partial charge in [0.2, 0.25) is 0 Å². The van der Waals surface area contributed by atoms with Crippen molar-refractivity contribution in [3.05, 3.63) is 83.9 Å². The van der Waals surface area contributed by atoms with Crippen LogP contribution in [-0.4, -0.2) is 34.6 Å². The van der Waals surface area contributed by atoms with Crippen LogP contribution in [0.15, 0.2) is 77.7 Å². The lowest BCUT2D eigenvalue weighted by atomic mass is 10.1. The number of sulfonamides is 1. The molecule has 3 aromatic rings. The molecule has 32 heavy (non-hydrogen) atoms. The van der Waals surface area contributed by atoms with E-state index in [2.05, 4.69) is 5.32 Å². The third-order valence-corrected chi connectivity index (χ3v) is 7.11. The molecule has 1 aliphatic rings. The second-order valence-corrected chi connectivity index (χ2v) is 9.40. The number of ether oxygens (including phenoxy) is 2. The van der Waals surface area contributed by atoms with Crippen molar-refractivity contribution in [1.82, 2.24) is 5.32 Å². The molecule has 0 unspecified atom stereocenters. The van der Waals surface area contributed by atoms with Crippen molar-refractivity contribution in [2.24, 2.45) is 0 Å². The number of amides is 1. The zero-order valence-corrected chi connectivity index (χ0v) is 18.6. The van der Waals surface area contributed by atoms with Gasteiger partial charge in [-0.05, 0) is 61.0 Å². The SMILES string of the molecule is C[C@H](NC(=O)c1ccc(N(C)S(=O)(=O)c2ccccc2)cc1)c1ccc2c(c1)OCCO2. The Labute approximate surface area is 187 Å². The molecule has 4 rings (SSSR count). The molecular formula is C24H24N2O5S. The topological polar surface area (TPSA) is 84.9 Å². The van der Waals surface area contributed by atoms with Crippen molar-refractivity contribution in [3.63, 3.8) is 0 Å². The van der Waals surface area contributed by atoms with Gasteiger partial charge in [0, 0.05) is 12.6 Å². The van der Waals surface area contributed by atoms with Gasteiger partial charge in [0.1, 0.15) is 13.2 Å². The first kappa shape index (κ1) is 21.7. The summed E-state index contributed by atoms with van der Waals surface area (Å²) in [5, 5.41) is 2.96. The van der Waals surface area contributed by atoms with Crippen LogP contribution in [0.25, 0.3) is 0 Å². The molecule has 0 radical (unpaired) electrons.